The zero-order valence-electron chi connectivity index (χ0n) is 18.2. The van der Waals surface area contributed by atoms with Gasteiger partial charge in [-0.05, 0) is 60.4 Å². The van der Waals surface area contributed by atoms with Crippen molar-refractivity contribution in [3.05, 3.63) is 65.4 Å². The van der Waals surface area contributed by atoms with Crippen molar-refractivity contribution in [3.8, 4) is 5.75 Å². The third-order valence-corrected chi connectivity index (χ3v) is 6.45. The highest BCUT2D eigenvalue weighted by Crippen LogP contribution is 2.31. The molecule has 4 rings (SSSR count). The number of rotatable bonds is 7. The van der Waals surface area contributed by atoms with Crippen LogP contribution in [0.5, 0.6) is 5.75 Å². The third kappa shape index (κ3) is 6.99. The standard InChI is InChI=1S/C24H25ClF3N3OS/c1-16(25)33-22-4-2-3-17(11-22)9-18-10-19-12-21(32-24(26,27)28)13-20(23(19)30-14-18)15-31-7-5-29-6-8-31/h2-4,10-14,16,29H,5-9,15H2,1H3. The van der Waals surface area contributed by atoms with Gasteiger partial charge >= 0.3 is 6.36 Å². The van der Waals surface area contributed by atoms with Crippen LogP contribution < -0.4 is 10.1 Å². The minimum Gasteiger partial charge on any atom is -0.406 e. The fraction of sp³-hybridized carbons (Fsp3) is 0.375. The molecule has 2 heterocycles. The molecule has 1 N–H and O–H groups in total. The van der Waals surface area contributed by atoms with Crippen molar-refractivity contribution in [1.29, 1.82) is 0 Å². The van der Waals surface area contributed by atoms with Crippen molar-refractivity contribution in [3.63, 3.8) is 0 Å². The van der Waals surface area contributed by atoms with Crippen LogP contribution >= 0.6 is 23.4 Å². The van der Waals surface area contributed by atoms with Crippen molar-refractivity contribution in [2.75, 3.05) is 26.2 Å². The van der Waals surface area contributed by atoms with E-state index in [0.29, 0.717) is 23.9 Å². The first-order valence-electron chi connectivity index (χ1n) is 10.8. The second-order valence-corrected chi connectivity index (χ2v) is 10.4. The summed E-state index contributed by atoms with van der Waals surface area (Å²) in [4.78, 5) is 7.93. The van der Waals surface area contributed by atoms with Gasteiger partial charge < -0.3 is 10.1 Å². The molecule has 1 saturated heterocycles. The first-order chi connectivity index (χ1) is 15.7. The molecule has 3 aromatic rings. The molecule has 0 bridgehead atoms. The summed E-state index contributed by atoms with van der Waals surface area (Å²) in [5.74, 6) is -0.214. The van der Waals surface area contributed by atoms with Gasteiger partial charge in [0.1, 0.15) is 5.75 Å². The van der Waals surface area contributed by atoms with E-state index in [-0.39, 0.29) is 10.5 Å². The molecule has 1 aliphatic rings. The topological polar surface area (TPSA) is 37.4 Å². The molecule has 2 aromatic carbocycles. The predicted octanol–water partition coefficient (Wildman–Crippen LogP) is 5.81. The van der Waals surface area contributed by atoms with Gasteiger partial charge in [0.15, 0.2) is 0 Å². The van der Waals surface area contributed by atoms with E-state index in [4.69, 9.17) is 11.6 Å². The zero-order valence-corrected chi connectivity index (χ0v) is 19.7. The molecule has 0 saturated carbocycles. The van der Waals surface area contributed by atoms with Crippen LogP contribution in [-0.4, -0.2) is 47.1 Å². The summed E-state index contributed by atoms with van der Waals surface area (Å²) in [6, 6.07) is 12.9. The number of ether oxygens (including phenoxy) is 1. The summed E-state index contributed by atoms with van der Waals surface area (Å²) >= 11 is 7.66. The van der Waals surface area contributed by atoms with Gasteiger partial charge in [0, 0.05) is 49.2 Å². The maximum atomic E-state index is 13.0. The second-order valence-electron chi connectivity index (χ2n) is 8.06. The molecule has 0 aliphatic carbocycles. The van der Waals surface area contributed by atoms with Gasteiger partial charge in [0.2, 0.25) is 0 Å². The summed E-state index contributed by atoms with van der Waals surface area (Å²) < 4.78 is 43.1. The largest absolute Gasteiger partial charge is 0.573 e. The van der Waals surface area contributed by atoms with Gasteiger partial charge in [-0.25, -0.2) is 0 Å². The van der Waals surface area contributed by atoms with Gasteiger partial charge in [-0.1, -0.05) is 12.1 Å². The third-order valence-electron chi connectivity index (χ3n) is 5.33. The van der Waals surface area contributed by atoms with E-state index in [0.717, 1.165) is 47.8 Å². The Morgan fingerprint density at radius 2 is 1.94 bits per heavy atom. The lowest BCUT2D eigenvalue weighted by Crippen LogP contribution is -2.42. The minimum atomic E-state index is -4.75. The average Bonchev–Trinajstić information content (AvgIpc) is 2.73. The van der Waals surface area contributed by atoms with Crippen LogP contribution in [0.1, 0.15) is 23.6 Å². The minimum absolute atomic E-state index is 0.0382. The highest BCUT2D eigenvalue weighted by molar-refractivity contribution is 8.01. The molecule has 33 heavy (non-hydrogen) atoms. The van der Waals surface area contributed by atoms with E-state index >= 15 is 0 Å². The Balaban J connectivity index is 1.64. The number of benzene rings is 2. The maximum absolute atomic E-state index is 13.0. The number of nitrogens with zero attached hydrogens (tertiary/aromatic N) is 2. The molecule has 1 unspecified atom stereocenters. The normalized spacial score (nSPS) is 16.2. The molecule has 1 aliphatic heterocycles. The molecule has 1 aromatic heterocycles. The summed E-state index contributed by atoms with van der Waals surface area (Å²) in [7, 11) is 0. The quantitative estimate of drug-likeness (QED) is 0.331. The lowest BCUT2D eigenvalue weighted by atomic mass is 10.0. The van der Waals surface area contributed by atoms with E-state index in [1.54, 1.807) is 18.0 Å². The number of fused-ring (bicyclic) bond motifs is 1. The van der Waals surface area contributed by atoms with Crippen LogP contribution in [-0.2, 0) is 13.0 Å². The number of alkyl halides is 4. The fourth-order valence-corrected chi connectivity index (χ4v) is 5.07. The fourth-order valence-electron chi connectivity index (χ4n) is 4.01. The summed E-state index contributed by atoms with van der Waals surface area (Å²) in [6.07, 6.45) is -2.33. The molecule has 0 spiro atoms. The number of aromatic nitrogens is 1. The number of hydrogen-bond acceptors (Lipinski definition) is 5. The Hall–Kier alpha value is -2.00. The van der Waals surface area contributed by atoms with E-state index in [1.165, 1.54) is 12.1 Å². The highest BCUT2D eigenvalue weighted by Gasteiger charge is 2.31. The Morgan fingerprint density at radius 1 is 1.15 bits per heavy atom. The van der Waals surface area contributed by atoms with Crippen molar-refractivity contribution in [2.24, 2.45) is 0 Å². The molecule has 4 nitrogen and oxygen atoms in total. The van der Waals surface area contributed by atoms with Crippen LogP contribution in [0.15, 0.2) is 53.6 Å². The van der Waals surface area contributed by atoms with E-state index in [9.17, 15) is 13.2 Å². The summed E-state index contributed by atoms with van der Waals surface area (Å²) in [6.45, 7) is 5.82. The molecule has 0 radical (unpaired) electrons. The monoisotopic (exact) mass is 495 g/mol. The zero-order chi connectivity index (χ0) is 23.4. The number of piperazine rings is 1. The molecular formula is C24H25ClF3N3OS. The van der Waals surface area contributed by atoms with Gasteiger partial charge in [-0.3, -0.25) is 9.88 Å². The van der Waals surface area contributed by atoms with Crippen molar-refractivity contribution >= 4 is 34.3 Å². The van der Waals surface area contributed by atoms with Gasteiger partial charge in [0.25, 0.3) is 0 Å². The second kappa shape index (κ2) is 10.5. The van der Waals surface area contributed by atoms with Crippen LogP contribution in [0.4, 0.5) is 13.2 Å². The van der Waals surface area contributed by atoms with Crippen LogP contribution in [0.2, 0.25) is 0 Å². The van der Waals surface area contributed by atoms with E-state index < -0.39 is 6.36 Å². The lowest BCUT2D eigenvalue weighted by molar-refractivity contribution is -0.274. The van der Waals surface area contributed by atoms with Crippen molar-refractivity contribution < 1.29 is 17.9 Å². The smallest absolute Gasteiger partial charge is 0.406 e. The summed E-state index contributed by atoms with van der Waals surface area (Å²) in [5, 5.41) is 3.92. The van der Waals surface area contributed by atoms with Crippen LogP contribution in [0.25, 0.3) is 10.9 Å². The Kier molecular flexibility index (Phi) is 7.69. The van der Waals surface area contributed by atoms with Crippen LogP contribution in [0, 0.1) is 0 Å². The summed E-state index contributed by atoms with van der Waals surface area (Å²) in [5.41, 5.74) is 3.44. The first-order valence-corrected chi connectivity index (χ1v) is 12.1. The van der Waals surface area contributed by atoms with Crippen molar-refractivity contribution in [2.45, 2.75) is 35.9 Å². The van der Waals surface area contributed by atoms with E-state index in [1.807, 2.05) is 31.2 Å². The van der Waals surface area contributed by atoms with Crippen LogP contribution in [0.3, 0.4) is 0 Å². The Morgan fingerprint density at radius 3 is 2.67 bits per heavy atom. The van der Waals surface area contributed by atoms with Gasteiger partial charge in [0.05, 0.1) is 10.2 Å². The SMILES string of the molecule is CC(Cl)Sc1cccc(Cc2cnc3c(CN4CCNCC4)cc(OC(F)(F)F)cc3c2)c1. The average molecular weight is 496 g/mol. The number of pyridine rings is 1. The molecule has 1 fully saturated rings. The number of nitrogens with one attached hydrogen (secondary N) is 1. The van der Waals surface area contributed by atoms with Gasteiger partial charge in [-0.15, -0.1) is 36.5 Å². The van der Waals surface area contributed by atoms with Crippen molar-refractivity contribution in [1.82, 2.24) is 15.2 Å². The first kappa shape index (κ1) is 24.1. The number of halogens is 4. The Bertz CT molecular complexity index is 1100. The highest BCUT2D eigenvalue weighted by atomic mass is 35.5. The maximum Gasteiger partial charge on any atom is 0.573 e. The lowest BCUT2D eigenvalue weighted by Gasteiger charge is -2.27. The molecule has 1 atom stereocenters. The number of thioether (sulfide) groups is 1. The van der Waals surface area contributed by atoms with Gasteiger partial charge in [-0.2, -0.15) is 0 Å². The predicted molar refractivity (Wildman–Crippen MR) is 127 cm³/mol. The molecule has 9 heteroatoms. The Labute approximate surface area is 200 Å². The molecule has 0 amide bonds. The molecule has 176 valence electrons. The number of hydrogen-bond donors (Lipinski definition) is 1. The van der Waals surface area contributed by atoms with E-state index in [2.05, 4.69) is 26.0 Å². The molecular weight excluding hydrogens is 471 g/mol.